The van der Waals surface area contributed by atoms with Gasteiger partial charge in [0.15, 0.2) is 0 Å². The van der Waals surface area contributed by atoms with Crippen molar-refractivity contribution in [2.45, 2.75) is 103 Å². The molecule has 0 aliphatic carbocycles. The molecular weight excluding hydrogens is 440 g/mol. The van der Waals surface area contributed by atoms with E-state index in [9.17, 15) is 0 Å². The minimum Gasteiger partial charge on any atom is -0.328 e. The predicted octanol–water partition coefficient (Wildman–Crippen LogP) is 8.21. The molecule has 0 fully saturated rings. The summed E-state index contributed by atoms with van der Waals surface area (Å²) in [5.41, 5.74) is 2.67. The van der Waals surface area contributed by atoms with E-state index in [-0.39, 0.29) is 5.92 Å². The van der Waals surface area contributed by atoms with Gasteiger partial charge in [-0.2, -0.15) is 0 Å². The van der Waals surface area contributed by atoms with Gasteiger partial charge in [-0.1, -0.05) is 85.6 Å². The summed E-state index contributed by atoms with van der Waals surface area (Å²) in [6, 6.07) is 8.94. The topological polar surface area (TPSA) is 27.7 Å². The first kappa shape index (κ1) is 27.6. The van der Waals surface area contributed by atoms with E-state index in [0.717, 1.165) is 19.3 Å². The van der Waals surface area contributed by atoms with Crippen LogP contribution >= 0.6 is 15.9 Å². The van der Waals surface area contributed by atoms with Crippen molar-refractivity contribution in [2.24, 2.45) is 5.92 Å². The Bertz CT molecular complexity index is 513. The van der Waals surface area contributed by atoms with Crippen LogP contribution in [0.4, 0.5) is 0 Å². The zero-order valence-electron chi connectivity index (χ0n) is 20.1. The number of halogens is 1. The van der Waals surface area contributed by atoms with Crippen LogP contribution in [0.3, 0.4) is 0 Å². The fraction of sp³-hybridized carbons (Fsp3) is 0.769. The van der Waals surface area contributed by atoms with E-state index < -0.39 is 5.97 Å². The molecule has 2 unspecified atom stereocenters. The molecule has 0 aliphatic rings. The third-order valence-corrected chi connectivity index (χ3v) is 6.19. The Labute approximate surface area is 194 Å². The predicted molar refractivity (Wildman–Crippen MR) is 131 cm³/mol. The van der Waals surface area contributed by atoms with E-state index >= 15 is 0 Å². The number of aryl methyl sites for hydroxylation is 1. The molecule has 4 heteroatoms. The van der Waals surface area contributed by atoms with Crippen molar-refractivity contribution in [3.8, 4) is 0 Å². The van der Waals surface area contributed by atoms with Gasteiger partial charge in [0.1, 0.15) is 0 Å². The highest BCUT2D eigenvalue weighted by Gasteiger charge is 2.41. The average molecular weight is 486 g/mol. The van der Waals surface area contributed by atoms with Gasteiger partial charge in [-0.15, -0.1) is 0 Å². The average Bonchev–Trinajstić information content (AvgIpc) is 2.73. The van der Waals surface area contributed by atoms with Crippen molar-refractivity contribution in [1.82, 2.24) is 0 Å². The lowest BCUT2D eigenvalue weighted by Gasteiger charge is -2.39. The minimum absolute atomic E-state index is 0.221. The van der Waals surface area contributed by atoms with Crippen molar-refractivity contribution in [2.75, 3.05) is 19.8 Å². The Kier molecular flexibility index (Phi) is 15.0. The van der Waals surface area contributed by atoms with E-state index in [1.165, 1.54) is 49.7 Å². The molecule has 0 radical (unpaired) electrons. The second-order valence-electron chi connectivity index (χ2n) is 8.05. The standard InChI is InChI=1S/C26H45BrO3/c1-6-10-11-12-13-14-15-25(26(28-7-2,29-8-3)30-9-4)21-18-23-16-19-24(20-17-23)22(5)27/h16-17,19-20,22,25H,6-15,18,21H2,1-5H3. The largest absolute Gasteiger partial charge is 0.328 e. The van der Waals surface area contributed by atoms with Crippen molar-refractivity contribution in [1.29, 1.82) is 0 Å². The Balaban J connectivity index is 2.85. The quantitative estimate of drug-likeness (QED) is 0.119. The lowest BCUT2D eigenvalue weighted by molar-refractivity contribution is -0.403. The number of hydrogen-bond donors (Lipinski definition) is 0. The first-order valence-electron chi connectivity index (χ1n) is 12.2. The highest BCUT2D eigenvalue weighted by Crippen LogP contribution is 2.34. The van der Waals surface area contributed by atoms with Crippen LogP contribution in [0.2, 0.25) is 0 Å². The second-order valence-corrected chi connectivity index (χ2v) is 9.43. The number of alkyl halides is 1. The van der Waals surface area contributed by atoms with Gasteiger partial charge in [-0.3, -0.25) is 0 Å². The van der Waals surface area contributed by atoms with Crippen molar-refractivity contribution in [3.63, 3.8) is 0 Å². The van der Waals surface area contributed by atoms with Crippen LogP contribution in [-0.2, 0) is 20.6 Å². The van der Waals surface area contributed by atoms with E-state index in [1.807, 2.05) is 20.8 Å². The van der Waals surface area contributed by atoms with Crippen LogP contribution in [0.5, 0.6) is 0 Å². The molecule has 0 heterocycles. The number of hydrogen-bond acceptors (Lipinski definition) is 3. The zero-order valence-corrected chi connectivity index (χ0v) is 21.6. The normalized spacial score (nSPS) is 14.1. The molecule has 1 aromatic carbocycles. The Morgan fingerprint density at radius 1 is 0.767 bits per heavy atom. The molecule has 2 atom stereocenters. The molecule has 0 aliphatic heterocycles. The van der Waals surface area contributed by atoms with Gasteiger partial charge < -0.3 is 14.2 Å². The molecule has 3 nitrogen and oxygen atoms in total. The summed E-state index contributed by atoms with van der Waals surface area (Å²) >= 11 is 3.65. The maximum absolute atomic E-state index is 6.16. The first-order chi connectivity index (χ1) is 14.5. The maximum Gasteiger partial charge on any atom is 0.285 e. The smallest absolute Gasteiger partial charge is 0.285 e. The Morgan fingerprint density at radius 2 is 1.30 bits per heavy atom. The van der Waals surface area contributed by atoms with Crippen LogP contribution in [0.15, 0.2) is 24.3 Å². The van der Waals surface area contributed by atoms with Crippen LogP contribution in [-0.4, -0.2) is 25.8 Å². The molecule has 0 saturated carbocycles. The van der Waals surface area contributed by atoms with Crippen LogP contribution < -0.4 is 0 Å². The first-order valence-corrected chi connectivity index (χ1v) is 13.1. The molecule has 30 heavy (non-hydrogen) atoms. The van der Waals surface area contributed by atoms with Crippen LogP contribution in [0.1, 0.15) is 102 Å². The molecule has 0 amide bonds. The summed E-state index contributed by atoms with van der Waals surface area (Å²) in [5.74, 6) is -0.704. The van der Waals surface area contributed by atoms with Crippen molar-refractivity contribution in [3.05, 3.63) is 35.4 Å². The van der Waals surface area contributed by atoms with E-state index in [4.69, 9.17) is 14.2 Å². The van der Waals surface area contributed by atoms with Gasteiger partial charge in [0, 0.05) is 30.6 Å². The summed E-state index contributed by atoms with van der Waals surface area (Å²) in [5, 5.41) is 0. The summed E-state index contributed by atoms with van der Waals surface area (Å²) in [4.78, 5) is 0.383. The van der Waals surface area contributed by atoms with Crippen LogP contribution in [0.25, 0.3) is 0 Å². The van der Waals surface area contributed by atoms with Gasteiger partial charge in [0.2, 0.25) is 0 Å². The summed E-state index contributed by atoms with van der Waals surface area (Å²) in [7, 11) is 0. The fourth-order valence-corrected chi connectivity index (χ4v) is 4.35. The SMILES string of the molecule is CCCCCCCCC(CCc1ccc(C(C)Br)cc1)C(OCC)(OCC)OCC. The lowest BCUT2D eigenvalue weighted by atomic mass is 9.91. The Hall–Kier alpha value is -0.420. The van der Waals surface area contributed by atoms with Crippen LogP contribution in [0, 0.1) is 5.92 Å². The molecule has 1 rings (SSSR count). The molecule has 0 spiro atoms. The molecule has 0 saturated heterocycles. The summed E-state index contributed by atoms with van der Waals surface area (Å²) in [6.07, 6.45) is 10.8. The number of rotatable bonds is 18. The van der Waals surface area contributed by atoms with Gasteiger partial charge in [0.05, 0.1) is 0 Å². The highest BCUT2D eigenvalue weighted by atomic mass is 79.9. The molecule has 174 valence electrons. The van der Waals surface area contributed by atoms with Crippen molar-refractivity contribution >= 4 is 15.9 Å². The molecule has 0 N–H and O–H groups in total. The number of unbranched alkanes of at least 4 members (excludes halogenated alkanes) is 5. The zero-order chi connectivity index (χ0) is 22.2. The Morgan fingerprint density at radius 3 is 1.80 bits per heavy atom. The second kappa shape index (κ2) is 16.2. The fourth-order valence-electron chi connectivity index (χ4n) is 4.04. The summed E-state index contributed by atoms with van der Waals surface area (Å²) < 4.78 is 18.5. The van der Waals surface area contributed by atoms with E-state index in [0.29, 0.717) is 24.6 Å². The van der Waals surface area contributed by atoms with Gasteiger partial charge in [0.25, 0.3) is 5.97 Å². The van der Waals surface area contributed by atoms with Gasteiger partial charge >= 0.3 is 0 Å². The van der Waals surface area contributed by atoms with Crippen molar-refractivity contribution < 1.29 is 14.2 Å². The molecule has 1 aromatic rings. The minimum atomic E-state index is -0.925. The molecule has 0 aromatic heterocycles. The monoisotopic (exact) mass is 484 g/mol. The van der Waals surface area contributed by atoms with Gasteiger partial charge in [-0.05, 0) is 58.1 Å². The lowest BCUT2D eigenvalue weighted by Crippen LogP contribution is -2.47. The van der Waals surface area contributed by atoms with Gasteiger partial charge in [-0.25, -0.2) is 0 Å². The third kappa shape index (κ3) is 9.80. The third-order valence-electron chi connectivity index (χ3n) is 5.66. The van der Waals surface area contributed by atoms with E-state index in [1.54, 1.807) is 0 Å². The molecular formula is C26H45BrO3. The maximum atomic E-state index is 6.16. The number of benzene rings is 1. The number of ether oxygens (including phenoxy) is 3. The molecule has 0 bridgehead atoms. The highest BCUT2D eigenvalue weighted by molar-refractivity contribution is 9.09. The summed E-state index contributed by atoms with van der Waals surface area (Å²) in [6.45, 7) is 12.3. The van der Waals surface area contributed by atoms with E-state index in [2.05, 4.69) is 54.0 Å².